The van der Waals surface area contributed by atoms with Crippen LogP contribution in [0.1, 0.15) is 23.6 Å². The molecule has 0 radical (unpaired) electrons. The van der Waals surface area contributed by atoms with E-state index in [9.17, 15) is 0 Å². The summed E-state index contributed by atoms with van der Waals surface area (Å²) in [5, 5.41) is 0. The van der Waals surface area contributed by atoms with Crippen LogP contribution in [0.15, 0.2) is 48.5 Å². The molecule has 2 aromatic carbocycles. The van der Waals surface area contributed by atoms with Crippen LogP contribution in [0.25, 0.3) is 11.6 Å². The zero-order chi connectivity index (χ0) is 12.3. The number of aryl methyl sites for hydroxylation is 1. The van der Waals surface area contributed by atoms with Crippen LogP contribution < -0.4 is 5.73 Å². The molecule has 0 saturated heterocycles. The Morgan fingerprint density at radius 1 is 1.00 bits per heavy atom. The summed E-state index contributed by atoms with van der Waals surface area (Å²) in [5.41, 5.74) is 11.6. The highest BCUT2D eigenvalue weighted by molar-refractivity contribution is 5.84. The molecule has 0 fully saturated rings. The van der Waals surface area contributed by atoms with Crippen molar-refractivity contribution in [3.63, 3.8) is 0 Å². The van der Waals surface area contributed by atoms with Crippen LogP contribution >= 0.6 is 0 Å². The number of nitrogen functional groups attached to an aromatic ring is 1. The smallest absolute Gasteiger partial charge is 0.0387 e. The average Bonchev–Trinajstić information content (AvgIpc) is 2.32. The van der Waals surface area contributed by atoms with E-state index in [1.165, 1.54) is 16.7 Å². The Morgan fingerprint density at radius 2 is 1.65 bits per heavy atom. The van der Waals surface area contributed by atoms with E-state index in [1.54, 1.807) is 0 Å². The van der Waals surface area contributed by atoms with E-state index in [2.05, 4.69) is 44.2 Å². The molecule has 0 aliphatic carbocycles. The van der Waals surface area contributed by atoms with Crippen LogP contribution in [-0.4, -0.2) is 0 Å². The lowest BCUT2D eigenvalue weighted by Crippen LogP contribution is -1.89. The van der Waals surface area contributed by atoms with Crippen molar-refractivity contribution in [1.82, 2.24) is 0 Å². The predicted molar refractivity (Wildman–Crippen MR) is 75.6 cm³/mol. The maximum atomic E-state index is 5.94. The fourth-order valence-electron chi connectivity index (χ4n) is 1.97. The van der Waals surface area contributed by atoms with Gasteiger partial charge in [-0.15, -0.1) is 0 Å². The lowest BCUT2D eigenvalue weighted by molar-refractivity contribution is 1.41. The highest BCUT2D eigenvalue weighted by Crippen LogP contribution is 2.23. The number of anilines is 1. The van der Waals surface area contributed by atoms with E-state index in [4.69, 9.17) is 5.73 Å². The Labute approximate surface area is 103 Å². The summed E-state index contributed by atoms with van der Waals surface area (Å²) in [6.45, 7) is 4.25. The van der Waals surface area contributed by atoms with E-state index >= 15 is 0 Å². The maximum Gasteiger partial charge on any atom is 0.0387 e. The van der Waals surface area contributed by atoms with Crippen LogP contribution in [0.2, 0.25) is 0 Å². The molecule has 0 heterocycles. The van der Waals surface area contributed by atoms with Gasteiger partial charge in [-0.3, -0.25) is 0 Å². The third kappa shape index (κ3) is 2.56. The number of allylic oxidation sites excluding steroid dienone is 1. The number of rotatable bonds is 2. The molecule has 1 heteroatoms. The van der Waals surface area contributed by atoms with E-state index in [0.717, 1.165) is 11.3 Å². The minimum absolute atomic E-state index is 0.820. The molecule has 2 aromatic rings. The maximum absolute atomic E-state index is 5.94. The molecule has 0 amide bonds. The molecule has 2 rings (SSSR count). The van der Waals surface area contributed by atoms with E-state index in [-0.39, 0.29) is 0 Å². The summed E-state index contributed by atoms with van der Waals surface area (Å²) in [7, 11) is 0. The molecule has 0 spiro atoms. The summed E-state index contributed by atoms with van der Waals surface area (Å²) in [6, 6.07) is 16.3. The topological polar surface area (TPSA) is 26.0 Å². The van der Waals surface area contributed by atoms with Crippen molar-refractivity contribution in [3.8, 4) is 0 Å². The van der Waals surface area contributed by atoms with Crippen molar-refractivity contribution in [1.29, 1.82) is 0 Å². The first-order valence-electron chi connectivity index (χ1n) is 5.77. The van der Waals surface area contributed by atoms with Crippen molar-refractivity contribution in [2.24, 2.45) is 0 Å². The second-order valence-corrected chi connectivity index (χ2v) is 4.27. The van der Waals surface area contributed by atoms with E-state index < -0.39 is 0 Å². The van der Waals surface area contributed by atoms with Crippen molar-refractivity contribution in [2.45, 2.75) is 13.8 Å². The fraction of sp³-hybridized carbons (Fsp3) is 0.125. The second-order valence-electron chi connectivity index (χ2n) is 4.27. The molecular weight excluding hydrogens is 206 g/mol. The number of para-hydroxylation sites is 1. The van der Waals surface area contributed by atoms with Gasteiger partial charge in [-0.25, -0.2) is 0 Å². The quantitative estimate of drug-likeness (QED) is 0.601. The first kappa shape index (κ1) is 11.5. The van der Waals surface area contributed by atoms with Crippen molar-refractivity contribution >= 4 is 17.3 Å². The van der Waals surface area contributed by atoms with Gasteiger partial charge in [-0.1, -0.05) is 42.5 Å². The summed E-state index contributed by atoms with van der Waals surface area (Å²) in [4.78, 5) is 0. The first-order valence-corrected chi connectivity index (χ1v) is 5.77. The van der Waals surface area contributed by atoms with Crippen molar-refractivity contribution < 1.29 is 0 Å². The Kier molecular flexibility index (Phi) is 3.29. The van der Waals surface area contributed by atoms with Gasteiger partial charge in [0.15, 0.2) is 0 Å². The fourth-order valence-corrected chi connectivity index (χ4v) is 1.97. The summed E-state index contributed by atoms with van der Waals surface area (Å²) >= 11 is 0. The molecule has 17 heavy (non-hydrogen) atoms. The molecule has 0 aliphatic heterocycles. The van der Waals surface area contributed by atoms with Crippen molar-refractivity contribution in [2.75, 3.05) is 5.73 Å². The molecule has 0 aromatic heterocycles. The van der Waals surface area contributed by atoms with Crippen LogP contribution in [-0.2, 0) is 0 Å². The molecule has 0 atom stereocenters. The molecule has 0 bridgehead atoms. The number of benzene rings is 2. The highest BCUT2D eigenvalue weighted by atomic mass is 14.5. The number of hydrogen-bond acceptors (Lipinski definition) is 1. The zero-order valence-electron chi connectivity index (χ0n) is 10.3. The molecule has 0 unspecified atom stereocenters. The van der Waals surface area contributed by atoms with E-state index in [0.29, 0.717) is 0 Å². The molecule has 2 N–H and O–H groups in total. The van der Waals surface area contributed by atoms with Gasteiger partial charge >= 0.3 is 0 Å². The summed E-state index contributed by atoms with van der Waals surface area (Å²) < 4.78 is 0. The third-order valence-electron chi connectivity index (χ3n) is 2.94. The van der Waals surface area contributed by atoms with Gasteiger partial charge in [0, 0.05) is 5.69 Å². The normalized spacial score (nSPS) is 11.5. The van der Waals surface area contributed by atoms with Gasteiger partial charge in [0.25, 0.3) is 0 Å². The highest BCUT2D eigenvalue weighted by Gasteiger charge is 2.00. The molecule has 1 nitrogen and oxygen atoms in total. The number of nitrogens with two attached hydrogens (primary N) is 1. The number of hydrogen-bond donors (Lipinski definition) is 1. The largest absolute Gasteiger partial charge is 0.398 e. The van der Waals surface area contributed by atoms with E-state index in [1.807, 2.05) is 24.3 Å². The molecular formula is C16H17N. The van der Waals surface area contributed by atoms with Gasteiger partial charge in [0.2, 0.25) is 0 Å². The standard InChI is InChI=1S/C16H17N/c1-12-7-3-5-9-15(12)13(2)11-14-8-4-6-10-16(14)17/h3-11H,17H2,1-2H3/b13-11-. The van der Waals surface area contributed by atoms with Gasteiger partial charge in [0.1, 0.15) is 0 Å². The lowest BCUT2D eigenvalue weighted by Gasteiger charge is -2.07. The van der Waals surface area contributed by atoms with Gasteiger partial charge < -0.3 is 5.73 Å². The average molecular weight is 223 g/mol. The predicted octanol–water partition coefficient (Wildman–Crippen LogP) is 4.14. The van der Waals surface area contributed by atoms with Gasteiger partial charge in [-0.05, 0) is 48.3 Å². The van der Waals surface area contributed by atoms with Crippen LogP contribution in [0, 0.1) is 6.92 Å². The minimum atomic E-state index is 0.820. The Balaban J connectivity index is 2.42. The zero-order valence-corrected chi connectivity index (χ0v) is 10.3. The van der Waals surface area contributed by atoms with Gasteiger partial charge in [-0.2, -0.15) is 0 Å². The van der Waals surface area contributed by atoms with Crippen LogP contribution in [0.5, 0.6) is 0 Å². The lowest BCUT2D eigenvalue weighted by atomic mass is 9.99. The molecule has 0 aliphatic rings. The minimum Gasteiger partial charge on any atom is -0.398 e. The Bertz CT molecular complexity index is 553. The summed E-state index contributed by atoms with van der Waals surface area (Å²) in [6.07, 6.45) is 2.14. The van der Waals surface area contributed by atoms with Crippen LogP contribution in [0.4, 0.5) is 5.69 Å². The Hall–Kier alpha value is -2.02. The summed E-state index contributed by atoms with van der Waals surface area (Å²) in [5.74, 6) is 0. The van der Waals surface area contributed by atoms with Gasteiger partial charge in [0.05, 0.1) is 0 Å². The van der Waals surface area contributed by atoms with Crippen molar-refractivity contribution in [3.05, 3.63) is 65.2 Å². The van der Waals surface area contributed by atoms with Crippen LogP contribution in [0.3, 0.4) is 0 Å². The monoisotopic (exact) mass is 223 g/mol. The first-order chi connectivity index (χ1) is 8.18. The third-order valence-corrected chi connectivity index (χ3v) is 2.94. The molecule has 0 saturated carbocycles. The second kappa shape index (κ2) is 4.88. The Morgan fingerprint density at radius 3 is 2.35 bits per heavy atom. The SMILES string of the molecule is C/C(=C/c1ccccc1N)c1ccccc1C. The molecule has 86 valence electrons.